The zero-order chi connectivity index (χ0) is 13.1. The van der Waals surface area contributed by atoms with E-state index in [1.807, 2.05) is 7.05 Å². The smallest absolute Gasteiger partial charge is 0.122 e. The molecule has 1 N–H and O–H groups in total. The summed E-state index contributed by atoms with van der Waals surface area (Å²) in [5, 5.41) is 3.41. The molecule has 1 aliphatic heterocycles. The fourth-order valence-electron chi connectivity index (χ4n) is 3.15. The molecule has 19 heavy (non-hydrogen) atoms. The maximum Gasteiger partial charge on any atom is 0.122 e. The molecule has 0 radical (unpaired) electrons. The van der Waals surface area contributed by atoms with E-state index in [4.69, 9.17) is 9.47 Å². The lowest BCUT2D eigenvalue weighted by molar-refractivity contribution is 0.00737. The van der Waals surface area contributed by atoms with Crippen LogP contribution in [0.5, 0.6) is 5.75 Å². The van der Waals surface area contributed by atoms with E-state index in [2.05, 4.69) is 23.5 Å². The zero-order valence-electron chi connectivity index (χ0n) is 11.7. The van der Waals surface area contributed by atoms with Crippen molar-refractivity contribution >= 4 is 0 Å². The summed E-state index contributed by atoms with van der Waals surface area (Å²) in [6, 6.07) is 7.06. The SMILES string of the molecule is CNC1CCCc2ccc(OC3CCCOC3)cc21. The first-order chi connectivity index (χ1) is 9.36. The average molecular weight is 261 g/mol. The molecule has 1 aliphatic carbocycles. The second-order valence-electron chi connectivity index (χ2n) is 5.55. The molecule has 2 aliphatic rings. The largest absolute Gasteiger partial charge is 0.488 e. The molecular formula is C16H23NO2. The van der Waals surface area contributed by atoms with Crippen molar-refractivity contribution in [2.45, 2.75) is 44.2 Å². The highest BCUT2D eigenvalue weighted by Gasteiger charge is 2.21. The lowest BCUT2D eigenvalue weighted by atomic mass is 9.87. The Labute approximate surface area is 115 Å². The predicted molar refractivity (Wildman–Crippen MR) is 75.6 cm³/mol. The Morgan fingerprint density at radius 1 is 1.26 bits per heavy atom. The van der Waals surface area contributed by atoms with Gasteiger partial charge >= 0.3 is 0 Å². The Bertz CT molecular complexity index is 427. The Hall–Kier alpha value is -1.06. The molecule has 1 aromatic carbocycles. The predicted octanol–water partition coefficient (Wildman–Crippen LogP) is 2.84. The molecule has 0 saturated carbocycles. The first kappa shape index (κ1) is 12.9. The molecule has 0 bridgehead atoms. The van der Waals surface area contributed by atoms with Gasteiger partial charge in [-0.3, -0.25) is 0 Å². The Kier molecular flexibility index (Phi) is 4.04. The van der Waals surface area contributed by atoms with Gasteiger partial charge in [-0.15, -0.1) is 0 Å². The number of nitrogens with one attached hydrogen (secondary N) is 1. The van der Waals surface area contributed by atoms with Gasteiger partial charge in [0.1, 0.15) is 11.9 Å². The average Bonchev–Trinajstić information content (AvgIpc) is 2.47. The van der Waals surface area contributed by atoms with Crippen LogP contribution in [0.2, 0.25) is 0 Å². The van der Waals surface area contributed by atoms with Crippen molar-refractivity contribution in [3.05, 3.63) is 29.3 Å². The van der Waals surface area contributed by atoms with E-state index >= 15 is 0 Å². The Balaban J connectivity index is 1.75. The van der Waals surface area contributed by atoms with Gasteiger partial charge in [0.15, 0.2) is 0 Å². The molecule has 1 heterocycles. The van der Waals surface area contributed by atoms with Crippen LogP contribution in [0.15, 0.2) is 18.2 Å². The Morgan fingerprint density at radius 2 is 2.21 bits per heavy atom. The van der Waals surface area contributed by atoms with Gasteiger partial charge in [-0.25, -0.2) is 0 Å². The lowest BCUT2D eigenvalue weighted by Gasteiger charge is -2.27. The third-order valence-corrected chi connectivity index (χ3v) is 4.20. The summed E-state index contributed by atoms with van der Waals surface area (Å²) in [5.74, 6) is 0.997. The summed E-state index contributed by atoms with van der Waals surface area (Å²) < 4.78 is 11.5. The molecule has 1 aromatic rings. The molecule has 104 valence electrons. The summed E-state index contributed by atoms with van der Waals surface area (Å²) in [5.41, 5.74) is 2.89. The molecule has 3 nitrogen and oxygen atoms in total. The summed E-state index contributed by atoms with van der Waals surface area (Å²) in [4.78, 5) is 0. The van der Waals surface area contributed by atoms with Gasteiger partial charge in [-0.2, -0.15) is 0 Å². The summed E-state index contributed by atoms with van der Waals surface area (Å²) in [7, 11) is 2.04. The highest BCUT2D eigenvalue weighted by molar-refractivity contribution is 5.39. The van der Waals surface area contributed by atoms with Crippen LogP contribution in [0.1, 0.15) is 42.9 Å². The molecule has 0 aromatic heterocycles. The molecular weight excluding hydrogens is 238 g/mol. The quantitative estimate of drug-likeness (QED) is 0.907. The van der Waals surface area contributed by atoms with Gasteiger partial charge in [-0.1, -0.05) is 6.07 Å². The number of benzene rings is 1. The fourth-order valence-corrected chi connectivity index (χ4v) is 3.15. The summed E-state index contributed by atoms with van der Waals surface area (Å²) in [6.45, 7) is 1.61. The third kappa shape index (κ3) is 2.93. The van der Waals surface area contributed by atoms with E-state index in [0.29, 0.717) is 6.04 Å². The molecule has 1 fully saturated rings. The molecule has 1 saturated heterocycles. The minimum Gasteiger partial charge on any atom is -0.488 e. The molecule has 0 amide bonds. The van der Waals surface area contributed by atoms with Crippen LogP contribution in [0.25, 0.3) is 0 Å². The maximum absolute atomic E-state index is 6.06. The van der Waals surface area contributed by atoms with E-state index < -0.39 is 0 Å². The van der Waals surface area contributed by atoms with Crippen LogP contribution in [0.4, 0.5) is 0 Å². The standard InChI is InChI=1S/C16H23NO2/c1-17-16-6-2-4-12-7-8-13(10-15(12)16)19-14-5-3-9-18-11-14/h7-8,10,14,16-17H,2-6,9,11H2,1H3. The highest BCUT2D eigenvalue weighted by Crippen LogP contribution is 2.32. The Morgan fingerprint density at radius 3 is 3.00 bits per heavy atom. The van der Waals surface area contributed by atoms with E-state index in [0.717, 1.165) is 31.8 Å². The highest BCUT2D eigenvalue weighted by atomic mass is 16.5. The second-order valence-corrected chi connectivity index (χ2v) is 5.55. The molecule has 2 atom stereocenters. The number of rotatable bonds is 3. The van der Waals surface area contributed by atoms with Crippen LogP contribution >= 0.6 is 0 Å². The van der Waals surface area contributed by atoms with Crippen molar-refractivity contribution in [1.82, 2.24) is 5.32 Å². The van der Waals surface area contributed by atoms with Crippen molar-refractivity contribution < 1.29 is 9.47 Å². The lowest BCUT2D eigenvalue weighted by Crippen LogP contribution is -2.28. The molecule has 3 rings (SSSR count). The van der Waals surface area contributed by atoms with Crippen LogP contribution in [0.3, 0.4) is 0 Å². The fraction of sp³-hybridized carbons (Fsp3) is 0.625. The van der Waals surface area contributed by atoms with Crippen LogP contribution in [-0.4, -0.2) is 26.4 Å². The van der Waals surface area contributed by atoms with Gasteiger partial charge < -0.3 is 14.8 Å². The van der Waals surface area contributed by atoms with Crippen molar-refractivity contribution in [1.29, 1.82) is 0 Å². The summed E-state index contributed by atoms with van der Waals surface area (Å²) >= 11 is 0. The van der Waals surface area contributed by atoms with Gasteiger partial charge in [0.2, 0.25) is 0 Å². The van der Waals surface area contributed by atoms with Crippen LogP contribution in [0, 0.1) is 0 Å². The number of fused-ring (bicyclic) bond motifs is 1. The second kappa shape index (κ2) is 5.93. The van der Waals surface area contributed by atoms with E-state index in [-0.39, 0.29) is 6.10 Å². The van der Waals surface area contributed by atoms with Crippen molar-refractivity contribution in [2.75, 3.05) is 20.3 Å². The first-order valence-electron chi connectivity index (χ1n) is 7.41. The normalized spacial score (nSPS) is 26.8. The van der Waals surface area contributed by atoms with Crippen LogP contribution in [-0.2, 0) is 11.2 Å². The van der Waals surface area contributed by atoms with Gasteiger partial charge in [-0.05, 0) is 62.4 Å². The van der Waals surface area contributed by atoms with Crippen molar-refractivity contribution in [2.24, 2.45) is 0 Å². The van der Waals surface area contributed by atoms with E-state index in [9.17, 15) is 0 Å². The number of aryl methyl sites for hydroxylation is 1. The van der Waals surface area contributed by atoms with Gasteiger partial charge in [0.05, 0.1) is 6.61 Å². The zero-order valence-corrected chi connectivity index (χ0v) is 11.7. The number of hydrogen-bond acceptors (Lipinski definition) is 3. The minimum absolute atomic E-state index is 0.225. The van der Waals surface area contributed by atoms with Crippen LogP contribution < -0.4 is 10.1 Å². The maximum atomic E-state index is 6.06. The number of hydrogen-bond donors (Lipinski definition) is 1. The third-order valence-electron chi connectivity index (χ3n) is 4.20. The van der Waals surface area contributed by atoms with E-state index in [1.165, 1.54) is 30.4 Å². The number of ether oxygens (including phenoxy) is 2. The van der Waals surface area contributed by atoms with Gasteiger partial charge in [0.25, 0.3) is 0 Å². The van der Waals surface area contributed by atoms with Gasteiger partial charge in [0, 0.05) is 12.6 Å². The topological polar surface area (TPSA) is 30.5 Å². The summed E-state index contributed by atoms with van der Waals surface area (Å²) in [6.07, 6.45) is 6.12. The van der Waals surface area contributed by atoms with E-state index in [1.54, 1.807) is 0 Å². The molecule has 0 spiro atoms. The molecule has 3 heteroatoms. The van der Waals surface area contributed by atoms with Crippen molar-refractivity contribution in [3.63, 3.8) is 0 Å². The first-order valence-corrected chi connectivity index (χ1v) is 7.41. The molecule has 2 unspecified atom stereocenters. The monoisotopic (exact) mass is 261 g/mol. The minimum atomic E-state index is 0.225. The van der Waals surface area contributed by atoms with Crippen molar-refractivity contribution in [3.8, 4) is 5.75 Å².